The van der Waals surface area contributed by atoms with Crippen molar-refractivity contribution in [2.75, 3.05) is 23.3 Å². The third kappa shape index (κ3) is 5.43. The average Bonchev–Trinajstić information content (AvgIpc) is 3.05. The van der Waals surface area contributed by atoms with Crippen LogP contribution < -0.4 is 9.62 Å². The molecule has 1 aliphatic rings. The molecule has 3 aromatic carbocycles. The Kier molecular flexibility index (Phi) is 7.61. The lowest BCUT2D eigenvalue weighted by Gasteiger charge is -2.23. The largest absolute Gasteiger partial charge is 0.454 e. The summed E-state index contributed by atoms with van der Waals surface area (Å²) in [6.45, 7) is 5.33. The van der Waals surface area contributed by atoms with Crippen LogP contribution in [0.2, 0.25) is 10.0 Å². The Hall–Kier alpha value is -3.33. The number of nitrogens with zero attached hydrogens (tertiary/aromatic N) is 1. The maximum Gasteiger partial charge on any atom is 0.338 e. The van der Waals surface area contributed by atoms with Gasteiger partial charge in [-0.1, -0.05) is 61.3 Å². The molecule has 3 aromatic rings. The summed E-state index contributed by atoms with van der Waals surface area (Å²) in [4.78, 5) is 27.1. The van der Waals surface area contributed by atoms with Gasteiger partial charge in [0.05, 0.1) is 16.3 Å². The Morgan fingerprint density at radius 3 is 2.42 bits per heavy atom. The van der Waals surface area contributed by atoms with E-state index >= 15 is 0 Å². The van der Waals surface area contributed by atoms with Crippen molar-refractivity contribution in [2.45, 2.75) is 31.1 Å². The Morgan fingerprint density at radius 1 is 1.03 bits per heavy atom. The van der Waals surface area contributed by atoms with E-state index in [0.717, 1.165) is 28.6 Å². The zero-order valence-corrected chi connectivity index (χ0v) is 23.5. The molecule has 7 nitrogen and oxygen atoms in total. The average molecular weight is 573 g/mol. The van der Waals surface area contributed by atoms with Crippen LogP contribution in [-0.2, 0) is 25.0 Å². The molecule has 0 saturated carbocycles. The Balaban J connectivity index is 1.48. The van der Waals surface area contributed by atoms with Gasteiger partial charge in [-0.25, -0.2) is 13.2 Å². The van der Waals surface area contributed by atoms with Crippen molar-refractivity contribution in [3.63, 3.8) is 0 Å². The summed E-state index contributed by atoms with van der Waals surface area (Å²) in [7, 11) is -2.27. The van der Waals surface area contributed by atoms with Crippen LogP contribution in [0.25, 0.3) is 0 Å². The Bertz CT molecular complexity index is 1580. The molecular weight excluding hydrogens is 547 g/mol. The van der Waals surface area contributed by atoms with Crippen LogP contribution in [0.5, 0.6) is 0 Å². The number of halogens is 2. The van der Waals surface area contributed by atoms with Gasteiger partial charge in [-0.3, -0.25) is 9.52 Å². The zero-order chi connectivity index (χ0) is 27.8. The standard InChI is InChI=1S/C28H26Cl2N2O5S/c1-17-9-11-19(14-23(17)30)31-38(35,36)25-13-18(10-12-22(25)29)27(34)37-16-20(33)15-26-28(2,3)21-7-5-6-8-24(21)32(26)4/h5-15,31H,16H2,1-4H3. The van der Waals surface area contributed by atoms with E-state index < -0.39 is 33.8 Å². The molecule has 0 spiro atoms. The van der Waals surface area contributed by atoms with Crippen molar-refractivity contribution >= 4 is 56.4 Å². The normalized spacial score (nSPS) is 15.3. The molecule has 10 heteroatoms. The van der Waals surface area contributed by atoms with Crippen molar-refractivity contribution < 1.29 is 22.7 Å². The molecule has 0 atom stereocenters. The number of benzene rings is 3. The highest BCUT2D eigenvalue weighted by molar-refractivity contribution is 7.92. The van der Waals surface area contributed by atoms with E-state index in [0.29, 0.717) is 5.02 Å². The number of fused-ring (bicyclic) bond motifs is 1. The number of anilines is 2. The number of carbonyl (C=O) groups excluding carboxylic acids is 2. The van der Waals surface area contributed by atoms with Gasteiger partial charge in [0.1, 0.15) is 4.90 Å². The van der Waals surface area contributed by atoms with Crippen LogP contribution in [-0.4, -0.2) is 33.8 Å². The fourth-order valence-electron chi connectivity index (χ4n) is 4.38. The predicted molar refractivity (Wildman–Crippen MR) is 150 cm³/mol. The third-order valence-electron chi connectivity index (χ3n) is 6.46. The summed E-state index contributed by atoms with van der Waals surface area (Å²) < 4.78 is 33.6. The fraction of sp³-hybridized carbons (Fsp3) is 0.214. The molecule has 0 fully saturated rings. The van der Waals surface area contributed by atoms with Crippen LogP contribution in [0.3, 0.4) is 0 Å². The topological polar surface area (TPSA) is 92.8 Å². The number of hydrogen-bond donors (Lipinski definition) is 1. The summed E-state index contributed by atoms with van der Waals surface area (Å²) >= 11 is 12.2. The first-order chi connectivity index (χ1) is 17.8. The molecule has 1 heterocycles. The Morgan fingerprint density at radius 2 is 1.74 bits per heavy atom. The molecule has 0 amide bonds. The molecule has 0 aliphatic carbocycles. The SMILES string of the molecule is Cc1ccc(NS(=O)(=O)c2cc(C(=O)OCC(=O)C=C3N(C)c4ccccc4C3(C)C)ccc2Cl)cc1Cl. The van der Waals surface area contributed by atoms with E-state index in [-0.39, 0.29) is 21.2 Å². The van der Waals surface area contributed by atoms with E-state index in [2.05, 4.69) is 4.72 Å². The first-order valence-electron chi connectivity index (χ1n) is 11.6. The number of ether oxygens (including phenoxy) is 1. The first kappa shape index (κ1) is 27.7. The number of aryl methyl sites for hydroxylation is 1. The van der Waals surface area contributed by atoms with Crippen LogP contribution in [0.4, 0.5) is 11.4 Å². The first-order valence-corrected chi connectivity index (χ1v) is 13.9. The minimum Gasteiger partial charge on any atom is -0.454 e. The van der Waals surface area contributed by atoms with Crippen molar-refractivity contribution in [3.05, 3.63) is 99.2 Å². The van der Waals surface area contributed by atoms with E-state index in [1.165, 1.54) is 24.3 Å². The Labute approximate surface area is 232 Å². The molecule has 0 radical (unpaired) electrons. The number of hydrogen-bond acceptors (Lipinski definition) is 6. The molecule has 38 heavy (non-hydrogen) atoms. The number of allylic oxidation sites excluding steroid dienone is 1. The fourth-order valence-corrected chi connectivity index (χ4v) is 6.13. The number of esters is 1. The number of carbonyl (C=O) groups is 2. The monoisotopic (exact) mass is 572 g/mol. The molecule has 1 N–H and O–H groups in total. The van der Waals surface area contributed by atoms with Gasteiger partial charge in [0.15, 0.2) is 12.4 Å². The molecular formula is C28H26Cl2N2O5S. The minimum atomic E-state index is -4.15. The summed E-state index contributed by atoms with van der Waals surface area (Å²) in [5.41, 5.74) is 3.43. The second kappa shape index (κ2) is 10.4. The minimum absolute atomic E-state index is 0.0668. The van der Waals surface area contributed by atoms with Crippen LogP contribution >= 0.6 is 23.2 Å². The zero-order valence-electron chi connectivity index (χ0n) is 21.2. The van der Waals surface area contributed by atoms with Crippen molar-refractivity contribution in [1.29, 1.82) is 0 Å². The number of nitrogens with one attached hydrogen (secondary N) is 1. The lowest BCUT2D eigenvalue weighted by Crippen LogP contribution is -2.25. The second-order valence-corrected chi connectivity index (χ2v) is 12.0. The van der Waals surface area contributed by atoms with Crippen LogP contribution in [0, 0.1) is 6.92 Å². The van der Waals surface area contributed by atoms with Crippen LogP contribution in [0.1, 0.15) is 35.3 Å². The highest BCUT2D eigenvalue weighted by Crippen LogP contribution is 2.46. The smallest absolute Gasteiger partial charge is 0.338 e. The van der Waals surface area contributed by atoms with E-state index in [1.807, 2.05) is 50.1 Å². The molecule has 4 rings (SSSR count). The van der Waals surface area contributed by atoms with Gasteiger partial charge in [-0.15, -0.1) is 0 Å². The van der Waals surface area contributed by atoms with Gasteiger partial charge in [0, 0.05) is 34.9 Å². The highest BCUT2D eigenvalue weighted by Gasteiger charge is 2.38. The third-order valence-corrected chi connectivity index (χ3v) is 8.73. The lowest BCUT2D eigenvalue weighted by molar-refractivity contribution is -0.117. The van der Waals surface area contributed by atoms with Gasteiger partial charge in [-0.2, -0.15) is 0 Å². The summed E-state index contributed by atoms with van der Waals surface area (Å²) in [6.07, 6.45) is 1.47. The maximum atomic E-state index is 13.0. The molecule has 1 aliphatic heterocycles. The quantitative estimate of drug-likeness (QED) is 0.270. The van der Waals surface area contributed by atoms with Gasteiger partial charge in [0.2, 0.25) is 0 Å². The van der Waals surface area contributed by atoms with E-state index in [9.17, 15) is 18.0 Å². The number of likely N-dealkylation sites (N-methyl/N-ethyl adjacent to an activating group) is 1. The maximum absolute atomic E-state index is 13.0. The van der Waals surface area contributed by atoms with Gasteiger partial charge in [0.25, 0.3) is 10.0 Å². The molecule has 0 bridgehead atoms. The van der Waals surface area contributed by atoms with E-state index in [1.54, 1.807) is 19.1 Å². The summed E-state index contributed by atoms with van der Waals surface area (Å²) in [5.74, 6) is -1.26. The van der Waals surface area contributed by atoms with Crippen LogP contribution in [0.15, 0.2) is 77.3 Å². The molecule has 198 valence electrons. The summed E-state index contributed by atoms with van der Waals surface area (Å²) in [6, 6.07) is 16.3. The predicted octanol–water partition coefficient (Wildman–Crippen LogP) is 6.14. The van der Waals surface area contributed by atoms with Crippen molar-refractivity contribution in [3.8, 4) is 0 Å². The summed E-state index contributed by atoms with van der Waals surface area (Å²) in [5, 5.41) is 0.309. The second-order valence-electron chi connectivity index (χ2n) is 9.49. The highest BCUT2D eigenvalue weighted by atomic mass is 35.5. The number of sulfonamides is 1. The van der Waals surface area contributed by atoms with E-state index in [4.69, 9.17) is 27.9 Å². The lowest BCUT2D eigenvalue weighted by atomic mass is 9.83. The molecule has 0 saturated heterocycles. The van der Waals surface area contributed by atoms with Crippen molar-refractivity contribution in [2.24, 2.45) is 0 Å². The number of ketones is 1. The number of para-hydroxylation sites is 1. The number of rotatable bonds is 7. The van der Waals surface area contributed by atoms with Gasteiger partial charge >= 0.3 is 5.97 Å². The van der Waals surface area contributed by atoms with Gasteiger partial charge < -0.3 is 9.64 Å². The molecule has 0 aromatic heterocycles. The van der Waals surface area contributed by atoms with Gasteiger partial charge in [-0.05, 0) is 54.4 Å². The molecule has 0 unspecified atom stereocenters. The van der Waals surface area contributed by atoms with Crippen molar-refractivity contribution in [1.82, 2.24) is 0 Å².